The SMILES string of the molecule is N/N=C(\C=Nc1ccc(Oc2ccccn2)c(Cl)c1)CNc1ccnc(C(F)(F)F)c1. The van der Waals surface area contributed by atoms with Gasteiger partial charge in [-0.2, -0.15) is 18.3 Å². The van der Waals surface area contributed by atoms with E-state index < -0.39 is 11.9 Å². The summed E-state index contributed by atoms with van der Waals surface area (Å²) in [5.41, 5.74) is 0.0223. The van der Waals surface area contributed by atoms with Gasteiger partial charge in [0, 0.05) is 24.1 Å². The second-order valence-electron chi connectivity index (χ2n) is 6.04. The Hall–Kier alpha value is -3.66. The molecule has 0 amide bonds. The average Bonchev–Trinajstić information content (AvgIpc) is 2.76. The fourth-order valence-corrected chi connectivity index (χ4v) is 2.55. The number of hydrogen-bond donors (Lipinski definition) is 2. The molecule has 1 aromatic carbocycles. The van der Waals surface area contributed by atoms with E-state index in [9.17, 15) is 13.2 Å². The molecule has 0 aliphatic carbocycles. The Morgan fingerprint density at radius 1 is 1.13 bits per heavy atom. The molecular weight excluding hydrogens is 433 g/mol. The number of hydrazone groups is 1. The number of ether oxygens (including phenoxy) is 1. The Morgan fingerprint density at radius 2 is 1.97 bits per heavy atom. The second kappa shape index (κ2) is 9.90. The van der Waals surface area contributed by atoms with Crippen LogP contribution in [0.15, 0.2) is 71.0 Å². The highest BCUT2D eigenvalue weighted by molar-refractivity contribution is 6.33. The molecule has 0 saturated heterocycles. The van der Waals surface area contributed by atoms with Crippen LogP contribution in [-0.4, -0.2) is 28.4 Å². The molecule has 0 radical (unpaired) electrons. The van der Waals surface area contributed by atoms with Gasteiger partial charge >= 0.3 is 6.18 Å². The van der Waals surface area contributed by atoms with Crippen molar-refractivity contribution < 1.29 is 17.9 Å². The number of pyridine rings is 2. The van der Waals surface area contributed by atoms with Gasteiger partial charge in [0.05, 0.1) is 29.2 Å². The second-order valence-corrected chi connectivity index (χ2v) is 6.45. The molecule has 11 heteroatoms. The summed E-state index contributed by atoms with van der Waals surface area (Å²) < 4.78 is 43.8. The molecule has 3 aromatic rings. The number of aliphatic imine (C=N–C) groups is 1. The molecule has 0 fully saturated rings. The van der Waals surface area contributed by atoms with E-state index in [4.69, 9.17) is 22.2 Å². The number of alkyl halides is 3. The molecule has 0 bridgehead atoms. The first kappa shape index (κ1) is 22.0. The van der Waals surface area contributed by atoms with Gasteiger partial charge in [0.25, 0.3) is 0 Å². The van der Waals surface area contributed by atoms with Gasteiger partial charge in [-0.3, -0.25) is 9.98 Å². The summed E-state index contributed by atoms with van der Waals surface area (Å²) in [6.45, 7) is 0.0515. The Labute approximate surface area is 180 Å². The van der Waals surface area contributed by atoms with Crippen molar-refractivity contribution in [1.82, 2.24) is 9.97 Å². The van der Waals surface area contributed by atoms with Crippen LogP contribution in [0.2, 0.25) is 5.02 Å². The number of halogens is 4. The van der Waals surface area contributed by atoms with Gasteiger partial charge in [-0.1, -0.05) is 17.7 Å². The zero-order valence-corrected chi connectivity index (χ0v) is 16.6. The van der Waals surface area contributed by atoms with Crippen molar-refractivity contribution >= 4 is 34.9 Å². The lowest BCUT2D eigenvalue weighted by Crippen LogP contribution is -2.17. The molecule has 0 unspecified atom stereocenters. The number of hydrogen-bond acceptors (Lipinski definition) is 7. The standard InChI is InChI=1S/C20H16ClF3N6O/c21-16-9-13(4-5-17(16)31-19-3-1-2-7-27-19)28-11-15(30-25)12-29-14-6-8-26-18(10-14)20(22,23)24/h1-11H,12,25H2,(H,26,29)/b28-11?,30-15+. The monoisotopic (exact) mass is 448 g/mol. The zero-order chi connectivity index (χ0) is 22.3. The van der Waals surface area contributed by atoms with Crippen LogP contribution in [0.4, 0.5) is 24.5 Å². The van der Waals surface area contributed by atoms with E-state index in [1.807, 2.05) is 0 Å². The highest BCUT2D eigenvalue weighted by Crippen LogP contribution is 2.32. The normalized spacial score (nSPS) is 12.2. The van der Waals surface area contributed by atoms with E-state index in [0.29, 0.717) is 28.1 Å². The minimum absolute atomic E-state index is 0.0515. The third-order valence-electron chi connectivity index (χ3n) is 3.82. The van der Waals surface area contributed by atoms with Gasteiger partial charge in [-0.25, -0.2) is 4.98 Å². The highest BCUT2D eigenvalue weighted by Gasteiger charge is 2.32. The number of anilines is 1. The number of nitrogens with one attached hydrogen (secondary N) is 1. The minimum atomic E-state index is -4.53. The smallest absolute Gasteiger partial charge is 0.433 e. The van der Waals surface area contributed by atoms with Gasteiger partial charge in [0.1, 0.15) is 11.4 Å². The number of nitrogens with two attached hydrogens (primary N) is 1. The van der Waals surface area contributed by atoms with E-state index in [2.05, 4.69) is 25.4 Å². The molecule has 160 valence electrons. The van der Waals surface area contributed by atoms with E-state index in [1.54, 1.807) is 42.6 Å². The topological polar surface area (TPSA) is 97.8 Å². The van der Waals surface area contributed by atoms with Gasteiger partial charge in [-0.15, -0.1) is 0 Å². The maximum atomic E-state index is 12.7. The molecule has 0 aliphatic rings. The van der Waals surface area contributed by atoms with Crippen LogP contribution in [0.25, 0.3) is 0 Å². The molecule has 2 aromatic heterocycles. The predicted molar refractivity (Wildman–Crippen MR) is 113 cm³/mol. The zero-order valence-electron chi connectivity index (χ0n) is 15.8. The average molecular weight is 449 g/mol. The summed E-state index contributed by atoms with van der Waals surface area (Å²) >= 11 is 6.23. The van der Waals surface area contributed by atoms with Crippen molar-refractivity contribution in [3.05, 3.63) is 71.6 Å². The first-order valence-corrected chi connectivity index (χ1v) is 9.19. The highest BCUT2D eigenvalue weighted by atomic mass is 35.5. The van der Waals surface area contributed by atoms with Crippen molar-refractivity contribution in [1.29, 1.82) is 0 Å². The lowest BCUT2D eigenvalue weighted by atomic mass is 10.3. The minimum Gasteiger partial charge on any atom is -0.437 e. The lowest BCUT2D eigenvalue weighted by Gasteiger charge is -2.09. The Kier molecular flexibility index (Phi) is 7.03. The van der Waals surface area contributed by atoms with E-state index in [0.717, 1.165) is 12.3 Å². The van der Waals surface area contributed by atoms with Crippen molar-refractivity contribution in [3.63, 3.8) is 0 Å². The van der Waals surface area contributed by atoms with Crippen molar-refractivity contribution in [2.45, 2.75) is 6.18 Å². The molecule has 3 N–H and O–H groups in total. The fourth-order valence-electron chi connectivity index (χ4n) is 2.33. The summed E-state index contributed by atoms with van der Waals surface area (Å²) in [6.07, 6.45) is -0.492. The molecule has 2 heterocycles. The van der Waals surface area contributed by atoms with Gasteiger partial charge in [0.2, 0.25) is 5.88 Å². The Balaban J connectivity index is 1.63. The number of nitrogens with zero attached hydrogens (tertiary/aromatic N) is 4. The lowest BCUT2D eigenvalue weighted by molar-refractivity contribution is -0.141. The summed E-state index contributed by atoms with van der Waals surface area (Å²) in [6, 6.07) is 12.4. The molecule has 0 saturated carbocycles. The maximum Gasteiger partial charge on any atom is 0.433 e. The van der Waals surface area contributed by atoms with Crippen LogP contribution in [0.1, 0.15) is 5.69 Å². The molecule has 0 atom stereocenters. The first-order chi connectivity index (χ1) is 14.8. The molecule has 0 spiro atoms. The third-order valence-corrected chi connectivity index (χ3v) is 4.12. The van der Waals surface area contributed by atoms with Crippen molar-refractivity contribution in [2.24, 2.45) is 15.9 Å². The summed E-state index contributed by atoms with van der Waals surface area (Å²) in [7, 11) is 0. The summed E-state index contributed by atoms with van der Waals surface area (Å²) in [5, 5.41) is 6.70. The Morgan fingerprint density at radius 3 is 2.65 bits per heavy atom. The largest absolute Gasteiger partial charge is 0.437 e. The van der Waals surface area contributed by atoms with E-state index >= 15 is 0 Å². The maximum absolute atomic E-state index is 12.7. The van der Waals surface area contributed by atoms with Gasteiger partial charge < -0.3 is 15.9 Å². The van der Waals surface area contributed by atoms with Crippen LogP contribution < -0.4 is 15.9 Å². The Bertz CT molecular complexity index is 1090. The van der Waals surface area contributed by atoms with E-state index in [1.165, 1.54) is 12.3 Å². The number of benzene rings is 1. The van der Waals surface area contributed by atoms with Crippen LogP contribution in [0.3, 0.4) is 0 Å². The molecule has 31 heavy (non-hydrogen) atoms. The van der Waals surface area contributed by atoms with Crippen LogP contribution in [-0.2, 0) is 6.18 Å². The summed E-state index contributed by atoms with van der Waals surface area (Å²) in [4.78, 5) is 11.6. The number of aromatic nitrogens is 2. The van der Waals surface area contributed by atoms with Gasteiger partial charge in [0.15, 0.2) is 0 Å². The van der Waals surface area contributed by atoms with Crippen LogP contribution in [0, 0.1) is 0 Å². The molecule has 3 rings (SSSR count). The molecular formula is C20H16ClF3N6O. The van der Waals surface area contributed by atoms with Crippen molar-refractivity contribution in [3.8, 4) is 11.6 Å². The third kappa shape index (κ3) is 6.41. The van der Waals surface area contributed by atoms with Crippen molar-refractivity contribution in [2.75, 3.05) is 11.9 Å². The van der Waals surface area contributed by atoms with E-state index in [-0.39, 0.29) is 12.2 Å². The quantitative estimate of drug-likeness (QED) is 0.299. The first-order valence-electron chi connectivity index (χ1n) is 8.81. The number of rotatable bonds is 7. The molecule has 0 aliphatic heterocycles. The fraction of sp³-hybridized carbons (Fsp3) is 0.100. The molecule has 7 nitrogen and oxygen atoms in total. The van der Waals surface area contributed by atoms with Crippen LogP contribution in [0.5, 0.6) is 11.6 Å². The van der Waals surface area contributed by atoms with Gasteiger partial charge in [-0.05, 0) is 36.4 Å². The predicted octanol–water partition coefficient (Wildman–Crippen LogP) is 5.07. The summed E-state index contributed by atoms with van der Waals surface area (Å²) in [5.74, 6) is 6.16. The van der Waals surface area contributed by atoms with Crippen LogP contribution >= 0.6 is 11.6 Å².